The van der Waals surface area contributed by atoms with Crippen molar-refractivity contribution in [3.8, 4) is 0 Å². The molecular formula is C17H18FNO2. The molecule has 0 radical (unpaired) electrons. The molecule has 0 saturated carbocycles. The Labute approximate surface area is 123 Å². The smallest absolute Gasteiger partial charge is 0.340 e. The van der Waals surface area contributed by atoms with Gasteiger partial charge in [-0.05, 0) is 30.2 Å². The van der Waals surface area contributed by atoms with Gasteiger partial charge in [-0.25, -0.2) is 9.18 Å². The van der Waals surface area contributed by atoms with Crippen LogP contribution in [0, 0.1) is 5.82 Å². The molecule has 3 nitrogen and oxygen atoms in total. The van der Waals surface area contributed by atoms with E-state index in [1.807, 2.05) is 30.3 Å². The Morgan fingerprint density at radius 1 is 1.24 bits per heavy atom. The highest BCUT2D eigenvalue weighted by Crippen LogP contribution is 2.24. The molecule has 2 aromatic rings. The molecule has 0 aliphatic heterocycles. The van der Waals surface area contributed by atoms with E-state index in [0.29, 0.717) is 5.69 Å². The lowest BCUT2D eigenvalue weighted by Gasteiger charge is -2.19. The van der Waals surface area contributed by atoms with Crippen LogP contribution in [0.4, 0.5) is 10.1 Å². The molecular weight excluding hydrogens is 269 g/mol. The van der Waals surface area contributed by atoms with Crippen molar-refractivity contribution in [3.63, 3.8) is 0 Å². The summed E-state index contributed by atoms with van der Waals surface area (Å²) >= 11 is 0. The maximum absolute atomic E-state index is 13.6. The standard InChI is InChI=1S/C17H18FNO2/c1-3-16(12-7-5-4-6-8-12)19-13-9-10-15(18)14(11-13)17(20)21-2/h4-11,16,19H,3H2,1-2H3. The van der Waals surface area contributed by atoms with Crippen LogP contribution in [-0.4, -0.2) is 13.1 Å². The fourth-order valence-electron chi connectivity index (χ4n) is 2.19. The third-order valence-corrected chi connectivity index (χ3v) is 3.32. The lowest BCUT2D eigenvalue weighted by molar-refractivity contribution is 0.0595. The molecule has 2 aromatic carbocycles. The van der Waals surface area contributed by atoms with E-state index in [4.69, 9.17) is 0 Å². The topological polar surface area (TPSA) is 38.3 Å². The Balaban J connectivity index is 2.24. The molecule has 0 aliphatic rings. The minimum atomic E-state index is -0.677. The highest BCUT2D eigenvalue weighted by Gasteiger charge is 2.14. The summed E-state index contributed by atoms with van der Waals surface area (Å²) in [7, 11) is 1.24. The first-order valence-electron chi connectivity index (χ1n) is 6.85. The SMILES string of the molecule is CCC(Nc1ccc(F)c(C(=O)OC)c1)c1ccccc1. The van der Waals surface area contributed by atoms with E-state index in [0.717, 1.165) is 12.0 Å². The van der Waals surface area contributed by atoms with Gasteiger partial charge in [-0.1, -0.05) is 37.3 Å². The summed E-state index contributed by atoms with van der Waals surface area (Å²) in [5.74, 6) is -1.26. The van der Waals surface area contributed by atoms with E-state index in [1.165, 1.54) is 19.2 Å². The fourth-order valence-corrected chi connectivity index (χ4v) is 2.19. The molecule has 21 heavy (non-hydrogen) atoms. The van der Waals surface area contributed by atoms with Crippen molar-refractivity contribution in [2.24, 2.45) is 0 Å². The maximum atomic E-state index is 13.6. The monoisotopic (exact) mass is 287 g/mol. The Bertz CT molecular complexity index is 613. The minimum absolute atomic E-state index is 0.0644. The van der Waals surface area contributed by atoms with Crippen LogP contribution in [-0.2, 0) is 4.74 Å². The number of halogens is 1. The Morgan fingerprint density at radius 3 is 2.57 bits per heavy atom. The highest BCUT2D eigenvalue weighted by atomic mass is 19.1. The van der Waals surface area contributed by atoms with Crippen LogP contribution in [0.15, 0.2) is 48.5 Å². The molecule has 0 bridgehead atoms. The number of carbonyl (C=O) groups is 1. The lowest BCUT2D eigenvalue weighted by atomic mass is 10.0. The van der Waals surface area contributed by atoms with Gasteiger partial charge in [-0.15, -0.1) is 0 Å². The molecule has 0 heterocycles. The largest absolute Gasteiger partial charge is 0.465 e. The summed E-state index contributed by atoms with van der Waals surface area (Å²) in [5.41, 5.74) is 1.77. The van der Waals surface area contributed by atoms with Gasteiger partial charge in [-0.2, -0.15) is 0 Å². The van der Waals surface area contributed by atoms with Crippen molar-refractivity contribution in [1.82, 2.24) is 0 Å². The van der Waals surface area contributed by atoms with Crippen LogP contribution in [0.2, 0.25) is 0 Å². The molecule has 1 atom stereocenters. The molecule has 0 saturated heterocycles. The van der Waals surface area contributed by atoms with Gasteiger partial charge in [0.1, 0.15) is 5.82 Å². The summed E-state index contributed by atoms with van der Waals surface area (Å²) < 4.78 is 18.2. The molecule has 4 heteroatoms. The first-order valence-corrected chi connectivity index (χ1v) is 6.85. The predicted octanol–water partition coefficient (Wildman–Crippen LogP) is 4.18. The van der Waals surface area contributed by atoms with Gasteiger partial charge >= 0.3 is 5.97 Å². The predicted molar refractivity (Wildman–Crippen MR) is 80.8 cm³/mol. The van der Waals surface area contributed by atoms with E-state index in [1.54, 1.807) is 6.07 Å². The number of methoxy groups -OCH3 is 1. The molecule has 0 amide bonds. The van der Waals surface area contributed by atoms with Gasteiger partial charge in [0.05, 0.1) is 18.7 Å². The van der Waals surface area contributed by atoms with Gasteiger partial charge in [0.2, 0.25) is 0 Å². The number of carbonyl (C=O) groups excluding carboxylic acids is 1. The van der Waals surface area contributed by atoms with Crippen molar-refractivity contribution in [2.45, 2.75) is 19.4 Å². The zero-order valence-corrected chi connectivity index (χ0v) is 12.1. The van der Waals surface area contributed by atoms with Crippen LogP contribution in [0.25, 0.3) is 0 Å². The average Bonchev–Trinajstić information content (AvgIpc) is 2.54. The number of esters is 1. The second kappa shape index (κ2) is 6.88. The number of benzene rings is 2. The third-order valence-electron chi connectivity index (χ3n) is 3.32. The van der Waals surface area contributed by atoms with E-state index >= 15 is 0 Å². The van der Waals surface area contributed by atoms with E-state index in [-0.39, 0.29) is 11.6 Å². The third kappa shape index (κ3) is 3.60. The second-order valence-corrected chi connectivity index (χ2v) is 4.70. The molecule has 1 N–H and O–H groups in total. The van der Waals surface area contributed by atoms with Crippen LogP contribution in [0.5, 0.6) is 0 Å². The summed E-state index contributed by atoms with van der Waals surface area (Å²) in [6, 6.07) is 14.4. The van der Waals surface area contributed by atoms with Gasteiger partial charge in [-0.3, -0.25) is 0 Å². The lowest BCUT2D eigenvalue weighted by Crippen LogP contribution is -2.11. The minimum Gasteiger partial charge on any atom is -0.465 e. The molecule has 0 aromatic heterocycles. The fraction of sp³-hybridized carbons (Fsp3) is 0.235. The Kier molecular flexibility index (Phi) is 4.93. The number of anilines is 1. The molecule has 0 fully saturated rings. The summed E-state index contributed by atoms with van der Waals surface area (Å²) in [6.45, 7) is 2.06. The van der Waals surface area contributed by atoms with Crippen molar-refractivity contribution in [1.29, 1.82) is 0 Å². The quantitative estimate of drug-likeness (QED) is 0.839. The second-order valence-electron chi connectivity index (χ2n) is 4.70. The zero-order chi connectivity index (χ0) is 15.2. The maximum Gasteiger partial charge on any atom is 0.340 e. The average molecular weight is 287 g/mol. The van der Waals surface area contributed by atoms with E-state index in [2.05, 4.69) is 17.0 Å². The Hall–Kier alpha value is -2.36. The number of hydrogen-bond acceptors (Lipinski definition) is 3. The van der Waals surface area contributed by atoms with Crippen LogP contribution < -0.4 is 5.32 Å². The van der Waals surface area contributed by atoms with Crippen molar-refractivity contribution < 1.29 is 13.9 Å². The van der Waals surface area contributed by atoms with Crippen molar-refractivity contribution in [2.75, 3.05) is 12.4 Å². The van der Waals surface area contributed by atoms with Crippen molar-refractivity contribution in [3.05, 3.63) is 65.5 Å². The summed E-state index contributed by atoms with van der Waals surface area (Å²) in [5, 5.41) is 3.32. The van der Waals surface area contributed by atoms with E-state index < -0.39 is 11.8 Å². The molecule has 0 spiro atoms. The number of hydrogen-bond donors (Lipinski definition) is 1. The molecule has 2 rings (SSSR count). The van der Waals surface area contributed by atoms with Crippen LogP contribution in [0.3, 0.4) is 0 Å². The summed E-state index contributed by atoms with van der Waals surface area (Å²) in [6.07, 6.45) is 0.870. The van der Waals surface area contributed by atoms with Gasteiger partial charge in [0.25, 0.3) is 0 Å². The van der Waals surface area contributed by atoms with Crippen molar-refractivity contribution >= 4 is 11.7 Å². The molecule has 1 unspecified atom stereocenters. The first kappa shape index (κ1) is 15.0. The van der Waals surface area contributed by atoms with E-state index in [9.17, 15) is 9.18 Å². The zero-order valence-electron chi connectivity index (χ0n) is 12.1. The Morgan fingerprint density at radius 2 is 1.95 bits per heavy atom. The summed E-state index contributed by atoms with van der Waals surface area (Å²) in [4.78, 5) is 11.5. The number of ether oxygens (including phenoxy) is 1. The van der Waals surface area contributed by atoms with Gasteiger partial charge in [0.15, 0.2) is 0 Å². The van der Waals surface area contributed by atoms with Crippen LogP contribution in [0.1, 0.15) is 35.3 Å². The molecule has 110 valence electrons. The number of rotatable bonds is 5. The number of nitrogens with one attached hydrogen (secondary N) is 1. The highest BCUT2D eigenvalue weighted by molar-refractivity contribution is 5.90. The first-order chi connectivity index (χ1) is 10.2. The van der Waals surface area contributed by atoms with Gasteiger partial charge < -0.3 is 10.1 Å². The van der Waals surface area contributed by atoms with Crippen LogP contribution >= 0.6 is 0 Å². The normalized spacial score (nSPS) is 11.8. The van der Waals surface area contributed by atoms with Gasteiger partial charge in [0, 0.05) is 5.69 Å². The molecule has 0 aliphatic carbocycles.